The second-order valence-electron chi connectivity index (χ2n) is 3.21. The molecule has 6 heteroatoms. The van der Waals surface area contributed by atoms with Gasteiger partial charge in [-0.05, 0) is 12.0 Å². The van der Waals surface area contributed by atoms with Crippen LogP contribution in [0.25, 0.3) is 0 Å². The molecule has 0 aliphatic heterocycles. The van der Waals surface area contributed by atoms with Gasteiger partial charge in [-0.15, -0.1) is 0 Å². The van der Waals surface area contributed by atoms with E-state index in [4.69, 9.17) is 5.73 Å². The van der Waals surface area contributed by atoms with Crippen LogP contribution in [0.1, 0.15) is 5.56 Å². The number of aliphatic imine (C=N–C) groups is 1. The van der Waals surface area contributed by atoms with Crippen molar-refractivity contribution in [2.45, 2.75) is 6.42 Å². The zero-order valence-electron chi connectivity index (χ0n) is 9.01. The number of benzene rings is 1. The number of nitro benzene ring substituents is 1. The number of hydrogen-bond acceptors (Lipinski definition) is 3. The van der Waals surface area contributed by atoms with E-state index in [2.05, 4.69) is 10.3 Å². The maximum Gasteiger partial charge on any atom is 0.269 e. The third-order valence-corrected chi connectivity index (χ3v) is 2.11. The molecule has 0 aromatic heterocycles. The Bertz CT molecular complexity index is 386. The lowest BCUT2D eigenvalue weighted by Gasteiger charge is -2.04. The van der Waals surface area contributed by atoms with E-state index < -0.39 is 4.92 Å². The lowest BCUT2D eigenvalue weighted by Crippen LogP contribution is -2.32. The molecule has 0 radical (unpaired) electrons. The summed E-state index contributed by atoms with van der Waals surface area (Å²) in [7, 11) is 1.61. The van der Waals surface area contributed by atoms with Gasteiger partial charge in [-0.3, -0.25) is 15.1 Å². The molecule has 0 unspecified atom stereocenters. The van der Waals surface area contributed by atoms with E-state index >= 15 is 0 Å². The van der Waals surface area contributed by atoms with Gasteiger partial charge in [-0.1, -0.05) is 12.1 Å². The van der Waals surface area contributed by atoms with Crippen molar-refractivity contribution in [2.24, 2.45) is 10.7 Å². The van der Waals surface area contributed by atoms with Crippen molar-refractivity contribution < 1.29 is 4.92 Å². The largest absolute Gasteiger partial charge is 0.370 e. The first-order valence-electron chi connectivity index (χ1n) is 4.83. The molecule has 0 heterocycles. The minimum atomic E-state index is -0.413. The fourth-order valence-corrected chi connectivity index (χ4v) is 1.20. The van der Waals surface area contributed by atoms with Crippen molar-refractivity contribution in [3.8, 4) is 0 Å². The summed E-state index contributed by atoms with van der Waals surface area (Å²) in [5.41, 5.74) is 6.57. The Hall–Kier alpha value is -2.11. The summed E-state index contributed by atoms with van der Waals surface area (Å²) in [4.78, 5) is 13.8. The maximum atomic E-state index is 10.4. The number of nitrogens with two attached hydrogens (primary N) is 1. The molecular weight excluding hydrogens is 208 g/mol. The molecule has 0 bridgehead atoms. The van der Waals surface area contributed by atoms with Gasteiger partial charge in [0.1, 0.15) is 0 Å². The molecule has 0 amide bonds. The van der Waals surface area contributed by atoms with Crippen LogP contribution in [-0.2, 0) is 6.42 Å². The molecular formula is C10H14N4O2. The predicted octanol–water partition coefficient (Wildman–Crippen LogP) is 0.671. The standard InChI is InChI=1S/C10H14N4O2/c1-12-10(11)13-7-6-8-2-4-9(5-3-8)14(15)16/h2-5H,6-7H2,1H3,(H3,11,12,13). The Kier molecular flexibility index (Phi) is 4.26. The van der Waals surface area contributed by atoms with Gasteiger partial charge in [0, 0.05) is 25.7 Å². The van der Waals surface area contributed by atoms with Crippen molar-refractivity contribution in [3.05, 3.63) is 39.9 Å². The van der Waals surface area contributed by atoms with Crippen molar-refractivity contribution >= 4 is 11.6 Å². The summed E-state index contributed by atoms with van der Waals surface area (Å²) in [6.07, 6.45) is 0.744. The topological polar surface area (TPSA) is 93.5 Å². The van der Waals surface area contributed by atoms with Gasteiger partial charge in [0.2, 0.25) is 0 Å². The third kappa shape index (κ3) is 3.56. The van der Waals surface area contributed by atoms with Gasteiger partial charge in [-0.2, -0.15) is 0 Å². The second-order valence-corrected chi connectivity index (χ2v) is 3.21. The molecule has 16 heavy (non-hydrogen) atoms. The van der Waals surface area contributed by atoms with Crippen LogP contribution in [0.3, 0.4) is 0 Å². The summed E-state index contributed by atoms with van der Waals surface area (Å²) >= 11 is 0. The minimum absolute atomic E-state index is 0.103. The van der Waals surface area contributed by atoms with Crippen LogP contribution < -0.4 is 11.1 Å². The average molecular weight is 222 g/mol. The zero-order valence-corrected chi connectivity index (χ0v) is 9.01. The SMILES string of the molecule is CN=C(N)NCCc1ccc([N+](=O)[O-])cc1. The number of non-ortho nitro benzene ring substituents is 1. The van der Waals surface area contributed by atoms with Gasteiger partial charge in [0.05, 0.1) is 4.92 Å². The molecule has 6 nitrogen and oxygen atoms in total. The number of guanidine groups is 1. The molecule has 0 saturated carbocycles. The first-order chi connectivity index (χ1) is 7.63. The quantitative estimate of drug-likeness (QED) is 0.339. The van der Waals surface area contributed by atoms with Gasteiger partial charge in [-0.25, -0.2) is 0 Å². The summed E-state index contributed by atoms with van der Waals surface area (Å²) in [6.45, 7) is 0.654. The van der Waals surface area contributed by atoms with E-state index in [9.17, 15) is 10.1 Å². The van der Waals surface area contributed by atoms with Crippen molar-refractivity contribution in [2.75, 3.05) is 13.6 Å². The van der Waals surface area contributed by atoms with E-state index in [1.54, 1.807) is 19.2 Å². The molecule has 0 atom stereocenters. The molecule has 0 saturated heterocycles. The second kappa shape index (κ2) is 5.69. The number of nitrogens with one attached hydrogen (secondary N) is 1. The zero-order chi connectivity index (χ0) is 12.0. The molecule has 3 N–H and O–H groups in total. The Labute approximate surface area is 93.3 Å². The Balaban J connectivity index is 2.47. The smallest absolute Gasteiger partial charge is 0.269 e. The summed E-state index contributed by atoms with van der Waals surface area (Å²) < 4.78 is 0. The molecule has 1 aromatic rings. The van der Waals surface area contributed by atoms with Crippen LogP contribution >= 0.6 is 0 Å². The highest BCUT2D eigenvalue weighted by Gasteiger charge is 2.03. The van der Waals surface area contributed by atoms with Crippen molar-refractivity contribution in [1.82, 2.24) is 5.32 Å². The molecule has 86 valence electrons. The highest BCUT2D eigenvalue weighted by atomic mass is 16.6. The van der Waals surface area contributed by atoms with Gasteiger partial charge in [0.15, 0.2) is 5.96 Å². The lowest BCUT2D eigenvalue weighted by molar-refractivity contribution is -0.384. The van der Waals surface area contributed by atoms with E-state index in [0.717, 1.165) is 12.0 Å². The van der Waals surface area contributed by atoms with Crippen molar-refractivity contribution in [1.29, 1.82) is 0 Å². The van der Waals surface area contributed by atoms with E-state index in [-0.39, 0.29) is 5.69 Å². The first-order valence-corrected chi connectivity index (χ1v) is 4.83. The summed E-state index contributed by atoms with van der Waals surface area (Å²) in [5.74, 6) is 0.391. The highest BCUT2D eigenvalue weighted by Crippen LogP contribution is 2.11. The number of rotatable bonds is 4. The molecule has 0 aliphatic rings. The monoisotopic (exact) mass is 222 g/mol. The summed E-state index contributed by atoms with van der Waals surface area (Å²) in [6, 6.07) is 6.46. The molecule has 0 aliphatic carbocycles. The van der Waals surface area contributed by atoms with Gasteiger partial charge < -0.3 is 11.1 Å². The Morgan fingerprint density at radius 1 is 1.50 bits per heavy atom. The number of nitrogens with zero attached hydrogens (tertiary/aromatic N) is 2. The molecule has 0 spiro atoms. The van der Waals surface area contributed by atoms with Gasteiger partial charge >= 0.3 is 0 Å². The Morgan fingerprint density at radius 2 is 2.12 bits per heavy atom. The maximum absolute atomic E-state index is 10.4. The number of hydrogen-bond donors (Lipinski definition) is 2. The van der Waals surface area contributed by atoms with Crippen LogP contribution in [-0.4, -0.2) is 24.5 Å². The van der Waals surface area contributed by atoms with Gasteiger partial charge in [0.25, 0.3) is 5.69 Å². The normalized spacial score (nSPS) is 11.2. The Morgan fingerprint density at radius 3 is 2.62 bits per heavy atom. The van der Waals surface area contributed by atoms with E-state index in [1.807, 2.05) is 0 Å². The molecule has 0 fully saturated rings. The first kappa shape index (κ1) is 12.0. The number of nitro groups is 1. The summed E-state index contributed by atoms with van der Waals surface area (Å²) in [5, 5.41) is 13.3. The fraction of sp³-hybridized carbons (Fsp3) is 0.300. The fourth-order valence-electron chi connectivity index (χ4n) is 1.20. The molecule has 1 aromatic carbocycles. The van der Waals surface area contributed by atoms with Crippen LogP contribution in [0, 0.1) is 10.1 Å². The lowest BCUT2D eigenvalue weighted by atomic mass is 10.1. The van der Waals surface area contributed by atoms with Crippen molar-refractivity contribution in [3.63, 3.8) is 0 Å². The van der Waals surface area contributed by atoms with E-state index in [0.29, 0.717) is 12.5 Å². The van der Waals surface area contributed by atoms with Crippen LogP contribution in [0.15, 0.2) is 29.3 Å². The van der Waals surface area contributed by atoms with Crippen LogP contribution in [0.4, 0.5) is 5.69 Å². The molecule has 1 rings (SSSR count). The van der Waals surface area contributed by atoms with Crippen LogP contribution in [0.2, 0.25) is 0 Å². The highest BCUT2D eigenvalue weighted by molar-refractivity contribution is 5.77. The van der Waals surface area contributed by atoms with E-state index in [1.165, 1.54) is 12.1 Å². The third-order valence-electron chi connectivity index (χ3n) is 2.11. The minimum Gasteiger partial charge on any atom is -0.370 e. The average Bonchev–Trinajstić information content (AvgIpc) is 2.29. The van der Waals surface area contributed by atoms with Crippen LogP contribution in [0.5, 0.6) is 0 Å². The predicted molar refractivity (Wildman–Crippen MR) is 62.3 cm³/mol.